The smallest absolute Gasteiger partial charge is 0.258 e. The molecule has 1 heterocycles. The molecule has 0 saturated carbocycles. The van der Waals surface area contributed by atoms with Crippen molar-refractivity contribution in [1.29, 1.82) is 0 Å². The Morgan fingerprint density at radius 1 is 1.00 bits per heavy atom. The average molecular weight is 489 g/mol. The number of fused-ring (bicyclic) bond motifs is 1. The number of nitrogens with two attached hydrogens (primary N) is 1. The molecule has 0 atom stereocenters. The normalized spacial score (nSPS) is 10.8. The predicted octanol–water partition coefficient (Wildman–Crippen LogP) is 4.31. The third-order valence-electron chi connectivity index (χ3n) is 5.59. The molecule has 0 aliphatic carbocycles. The number of amides is 3. The molecule has 0 aliphatic rings. The second kappa shape index (κ2) is 9.83. The van der Waals surface area contributed by atoms with Crippen LogP contribution in [-0.2, 0) is 11.2 Å². The summed E-state index contributed by atoms with van der Waals surface area (Å²) >= 11 is 0. The van der Waals surface area contributed by atoms with Crippen molar-refractivity contribution in [2.75, 3.05) is 7.05 Å². The lowest BCUT2D eigenvalue weighted by Gasteiger charge is -2.11. The fourth-order valence-electron chi connectivity index (χ4n) is 3.98. The van der Waals surface area contributed by atoms with Gasteiger partial charge in [-0.15, -0.1) is 0 Å². The molecule has 36 heavy (non-hydrogen) atoms. The molecule has 182 valence electrons. The van der Waals surface area contributed by atoms with Crippen LogP contribution in [0.4, 0.5) is 8.78 Å². The summed E-state index contributed by atoms with van der Waals surface area (Å²) in [6, 6.07) is 12.6. The molecule has 0 spiro atoms. The Hall–Kier alpha value is -4.79. The van der Waals surface area contributed by atoms with Crippen molar-refractivity contribution in [3.8, 4) is 22.5 Å². The Bertz CT molecular complexity index is 1520. The summed E-state index contributed by atoms with van der Waals surface area (Å²) in [6.45, 7) is 3.41. The van der Waals surface area contributed by atoms with Gasteiger partial charge in [0.25, 0.3) is 11.8 Å². The summed E-state index contributed by atoms with van der Waals surface area (Å²) in [5.41, 5.74) is 7.49. The molecule has 0 fully saturated rings. The highest BCUT2D eigenvalue weighted by Gasteiger charge is 2.24. The number of halogens is 2. The summed E-state index contributed by atoms with van der Waals surface area (Å²) < 4.78 is 33.9. The van der Waals surface area contributed by atoms with Crippen molar-refractivity contribution in [2.24, 2.45) is 5.73 Å². The van der Waals surface area contributed by atoms with Crippen molar-refractivity contribution in [3.63, 3.8) is 0 Å². The van der Waals surface area contributed by atoms with Crippen molar-refractivity contribution in [2.45, 2.75) is 6.42 Å². The Morgan fingerprint density at radius 3 is 2.33 bits per heavy atom. The molecule has 7 nitrogen and oxygen atoms in total. The predicted molar refractivity (Wildman–Crippen MR) is 131 cm³/mol. The maximum absolute atomic E-state index is 14.4. The Kier molecular flexibility index (Phi) is 6.64. The zero-order valence-electron chi connectivity index (χ0n) is 19.2. The van der Waals surface area contributed by atoms with Crippen LogP contribution < -0.4 is 16.4 Å². The van der Waals surface area contributed by atoms with E-state index in [0.717, 1.165) is 12.3 Å². The first-order chi connectivity index (χ1) is 17.2. The van der Waals surface area contributed by atoms with E-state index in [-0.39, 0.29) is 23.3 Å². The molecule has 4 rings (SSSR count). The zero-order chi connectivity index (χ0) is 26.0. The summed E-state index contributed by atoms with van der Waals surface area (Å²) in [6.07, 6.45) is 0.954. The zero-order valence-corrected chi connectivity index (χ0v) is 19.2. The maximum atomic E-state index is 14.4. The van der Waals surface area contributed by atoms with E-state index < -0.39 is 29.4 Å². The molecule has 0 bridgehead atoms. The number of benzene rings is 3. The summed E-state index contributed by atoms with van der Waals surface area (Å²) in [4.78, 5) is 37.0. The van der Waals surface area contributed by atoms with Crippen LogP contribution in [0.5, 0.6) is 0 Å². The molecule has 1 aromatic heterocycles. The standard InChI is InChI=1S/C27H21F2N3O4/c1-3-32-26(34)19-10-15(6-9-21(19)29)18-13-20-22(11-16(18)12-23(30)33)36-25(24(20)27(35)31-2)14-4-7-17(28)8-5-14/h3-11,13H,1,12H2,2H3,(H2,30,33)(H,31,35)(H,32,34). The van der Waals surface area contributed by atoms with E-state index in [1.807, 2.05) is 0 Å². The molecule has 0 unspecified atom stereocenters. The van der Waals surface area contributed by atoms with Crippen molar-refractivity contribution in [1.82, 2.24) is 10.6 Å². The molecule has 4 aromatic rings. The number of carbonyl (C=O) groups excluding carboxylic acids is 3. The number of hydrogen-bond acceptors (Lipinski definition) is 4. The van der Waals surface area contributed by atoms with Crippen LogP contribution in [-0.4, -0.2) is 24.8 Å². The topological polar surface area (TPSA) is 114 Å². The molecular weight excluding hydrogens is 468 g/mol. The first-order valence-corrected chi connectivity index (χ1v) is 10.8. The van der Waals surface area contributed by atoms with Crippen LogP contribution in [0.25, 0.3) is 33.4 Å². The number of nitrogens with one attached hydrogen (secondary N) is 2. The van der Waals surface area contributed by atoms with Crippen LogP contribution in [0.2, 0.25) is 0 Å². The quantitative estimate of drug-likeness (QED) is 0.359. The second-order valence-corrected chi connectivity index (χ2v) is 7.91. The average Bonchev–Trinajstić information content (AvgIpc) is 3.22. The maximum Gasteiger partial charge on any atom is 0.258 e. The minimum absolute atomic E-state index is 0.182. The minimum Gasteiger partial charge on any atom is -0.455 e. The van der Waals surface area contributed by atoms with Gasteiger partial charge in [0.2, 0.25) is 5.91 Å². The lowest BCUT2D eigenvalue weighted by atomic mass is 9.93. The van der Waals surface area contributed by atoms with Crippen LogP contribution in [0.15, 0.2) is 71.8 Å². The minimum atomic E-state index is -0.747. The van der Waals surface area contributed by atoms with E-state index in [4.69, 9.17) is 10.2 Å². The van der Waals surface area contributed by atoms with E-state index in [0.29, 0.717) is 33.2 Å². The summed E-state index contributed by atoms with van der Waals surface area (Å²) in [7, 11) is 1.46. The first kappa shape index (κ1) is 24.3. The first-order valence-electron chi connectivity index (χ1n) is 10.8. The van der Waals surface area contributed by atoms with Gasteiger partial charge in [0.15, 0.2) is 0 Å². The summed E-state index contributed by atoms with van der Waals surface area (Å²) in [5.74, 6) is -2.77. The Morgan fingerprint density at radius 2 is 1.69 bits per heavy atom. The van der Waals surface area contributed by atoms with Crippen molar-refractivity contribution < 1.29 is 27.6 Å². The van der Waals surface area contributed by atoms with Gasteiger partial charge in [-0.3, -0.25) is 14.4 Å². The second-order valence-electron chi connectivity index (χ2n) is 7.91. The number of carbonyl (C=O) groups is 3. The lowest BCUT2D eigenvalue weighted by Crippen LogP contribution is -2.18. The fraction of sp³-hybridized carbons (Fsp3) is 0.0741. The highest BCUT2D eigenvalue weighted by molar-refractivity contribution is 6.12. The van der Waals surface area contributed by atoms with E-state index in [1.54, 1.807) is 12.1 Å². The van der Waals surface area contributed by atoms with E-state index in [2.05, 4.69) is 17.2 Å². The highest BCUT2D eigenvalue weighted by Crippen LogP contribution is 2.38. The third kappa shape index (κ3) is 4.58. The number of hydrogen-bond donors (Lipinski definition) is 3. The SMILES string of the molecule is C=CNC(=O)c1cc(-c2cc3c(C(=O)NC)c(-c4ccc(F)cc4)oc3cc2CC(N)=O)ccc1F. The van der Waals surface area contributed by atoms with Gasteiger partial charge >= 0.3 is 0 Å². The van der Waals surface area contributed by atoms with Gasteiger partial charge in [-0.2, -0.15) is 0 Å². The monoisotopic (exact) mass is 489 g/mol. The van der Waals surface area contributed by atoms with E-state index in [9.17, 15) is 23.2 Å². The van der Waals surface area contributed by atoms with Gasteiger partial charge in [0.05, 0.1) is 17.5 Å². The van der Waals surface area contributed by atoms with Gasteiger partial charge in [-0.1, -0.05) is 12.6 Å². The molecule has 0 saturated heterocycles. The summed E-state index contributed by atoms with van der Waals surface area (Å²) in [5, 5.41) is 5.31. The molecular formula is C27H21F2N3O4. The van der Waals surface area contributed by atoms with E-state index >= 15 is 0 Å². The van der Waals surface area contributed by atoms with Gasteiger partial charge < -0.3 is 20.8 Å². The molecule has 4 N–H and O–H groups in total. The van der Waals surface area contributed by atoms with Crippen molar-refractivity contribution >= 4 is 28.7 Å². The van der Waals surface area contributed by atoms with Gasteiger partial charge in [0, 0.05) is 18.0 Å². The number of furan rings is 1. The highest BCUT2D eigenvalue weighted by atomic mass is 19.1. The van der Waals surface area contributed by atoms with Crippen LogP contribution in [0, 0.1) is 11.6 Å². The van der Waals surface area contributed by atoms with Crippen LogP contribution in [0.3, 0.4) is 0 Å². The largest absolute Gasteiger partial charge is 0.455 e. The number of rotatable bonds is 7. The van der Waals surface area contributed by atoms with Crippen LogP contribution in [0.1, 0.15) is 26.3 Å². The molecule has 9 heteroatoms. The molecule has 0 radical (unpaired) electrons. The number of primary amides is 1. The van der Waals surface area contributed by atoms with Crippen LogP contribution >= 0.6 is 0 Å². The fourth-order valence-corrected chi connectivity index (χ4v) is 3.98. The lowest BCUT2D eigenvalue weighted by molar-refractivity contribution is -0.117. The molecule has 3 amide bonds. The van der Waals surface area contributed by atoms with Gasteiger partial charge in [-0.25, -0.2) is 8.78 Å². The van der Waals surface area contributed by atoms with Gasteiger partial charge in [-0.05, 0) is 71.4 Å². The Balaban J connectivity index is 2.01. The molecule has 3 aromatic carbocycles. The van der Waals surface area contributed by atoms with Crippen molar-refractivity contribution in [3.05, 3.63) is 95.7 Å². The van der Waals surface area contributed by atoms with Gasteiger partial charge in [0.1, 0.15) is 23.0 Å². The Labute approximate surface area is 204 Å². The van der Waals surface area contributed by atoms with E-state index in [1.165, 1.54) is 43.4 Å². The molecule has 0 aliphatic heterocycles. The third-order valence-corrected chi connectivity index (χ3v) is 5.59.